The van der Waals surface area contributed by atoms with E-state index in [0.717, 1.165) is 66.9 Å². The van der Waals surface area contributed by atoms with Gasteiger partial charge >= 0.3 is 0 Å². The lowest BCUT2D eigenvalue weighted by atomic mass is 9.96. The third-order valence-electron chi connectivity index (χ3n) is 13.8. The van der Waals surface area contributed by atoms with Crippen molar-refractivity contribution >= 4 is 103 Å². The number of thiophene rings is 1. The lowest BCUT2D eigenvalue weighted by Crippen LogP contribution is -2.12. The normalized spacial score (nSPS) is 11.8. The van der Waals surface area contributed by atoms with Gasteiger partial charge in [-0.2, -0.15) is 0 Å². The van der Waals surface area contributed by atoms with E-state index in [1.165, 1.54) is 63.9 Å². The van der Waals surface area contributed by atoms with Crippen LogP contribution in [0, 0.1) is 0 Å². The van der Waals surface area contributed by atoms with E-state index >= 15 is 0 Å². The number of aromatic nitrogens is 1. The molecule has 14 aromatic rings. The molecular formula is C64H40N2OS. The highest BCUT2D eigenvalue weighted by molar-refractivity contribution is 7.25. The van der Waals surface area contributed by atoms with Crippen molar-refractivity contribution in [3.05, 3.63) is 243 Å². The average Bonchev–Trinajstić information content (AvgIpc) is 4.09. The second kappa shape index (κ2) is 15.5. The van der Waals surface area contributed by atoms with Crippen molar-refractivity contribution in [2.24, 2.45) is 0 Å². The predicted molar refractivity (Wildman–Crippen MR) is 289 cm³/mol. The van der Waals surface area contributed by atoms with Gasteiger partial charge in [-0.15, -0.1) is 11.3 Å². The van der Waals surface area contributed by atoms with Crippen molar-refractivity contribution in [2.45, 2.75) is 0 Å². The standard InChI is InChI=1S/C64H40N2OS/c1-2-15-43-38-45(29-28-41(43)14-1)44-16-13-17-48(39-44)66(56-23-8-3-18-49(56)46-32-37-62-55(40-46)53-21-7-12-27-61(53)68-62)59-36-35-50(64-63(59)54-22-6-11-26-60(54)67-64)42-30-33-47(34-31-42)65-57-24-9-4-19-51(57)52-20-5-10-25-58(52)65/h1-40H. The Morgan fingerprint density at radius 3 is 1.85 bits per heavy atom. The van der Waals surface area contributed by atoms with Gasteiger partial charge in [0.05, 0.1) is 27.8 Å². The van der Waals surface area contributed by atoms with E-state index in [2.05, 4.69) is 252 Å². The first-order valence-corrected chi connectivity index (χ1v) is 24.0. The quantitative estimate of drug-likeness (QED) is 0.159. The van der Waals surface area contributed by atoms with Gasteiger partial charge in [0.15, 0.2) is 0 Å². The third-order valence-corrected chi connectivity index (χ3v) is 14.9. The van der Waals surface area contributed by atoms with Crippen LogP contribution in [0.1, 0.15) is 0 Å². The van der Waals surface area contributed by atoms with E-state index in [-0.39, 0.29) is 0 Å². The molecule has 0 unspecified atom stereocenters. The maximum atomic E-state index is 7.02. The zero-order chi connectivity index (χ0) is 44.7. The Morgan fingerprint density at radius 2 is 1.01 bits per heavy atom. The summed E-state index contributed by atoms with van der Waals surface area (Å²) in [7, 11) is 0. The summed E-state index contributed by atoms with van der Waals surface area (Å²) in [6.07, 6.45) is 0. The molecule has 0 aliphatic carbocycles. The van der Waals surface area contributed by atoms with Gasteiger partial charge in [0.25, 0.3) is 0 Å². The van der Waals surface area contributed by atoms with Crippen LogP contribution < -0.4 is 4.90 Å². The molecule has 0 aliphatic heterocycles. The average molecular weight is 885 g/mol. The van der Waals surface area contributed by atoms with Gasteiger partial charge in [0.1, 0.15) is 11.2 Å². The molecule has 14 rings (SSSR count). The van der Waals surface area contributed by atoms with E-state index in [9.17, 15) is 0 Å². The summed E-state index contributed by atoms with van der Waals surface area (Å²) in [4.78, 5) is 2.45. The molecular weight excluding hydrogens is 845 g/mol. The number of fused-ring (bicyclic) bond motifs is 10. The summed E-state index contributed by atoms with van der Waals surface area (Å²) in [5.74, 6) is 0. The molecule has 11 aromatic carbocycles. The smallest absolute Gasteiger partial charge is 0.145 e. The van der Waals surface area contributed by atoms with Crippen LogP contribution in [0.3, 0.4) is 0 Å². The van der Waals surface area contributed by atoms with Crippen molar-refractivity contribution in [1.82, 2.24) is 4.57 Å². The lowest BCUT2D eigenvalue weighted by Gasteiger charge is -2.29. The number of hydrogen-bond donors (Lipinski definition) is 0. The first kappa shape index (κ1) is 38.6. The Hall–Kier alpha value is -8.70. The minimum Gasteiger partial charge on any atom is -0.455 e. The van der Waals surface area contributed by atoms with E-state index in [1.54, 1.807) is 0 Å². The van der Waals surface area contributed by atoms with E-state index in [4.69, 9.17) is 4.42 Å². The van der Waals surface area contributed by atoms with Gasteiger partial charge in [-0.05, 0) is 118 Å². The molecule has 0 saturated carbocycles. The number of hydrogen-bond acceptors (Lipinski definition) is 3. The molecule has 0 fully saturated rings. The van der Waals surface area contributed by atoms with Crippen molar-refractivity contribution in [1.29, 1.82) is 0 Å². The largest absolute Gasteiger partial charge is 0.455 e. The highest BCUT2D eigenvalue weighted by atomic mass is 32.1. The minimum absolute atomic E-state index is 0.853. The summed E-state index contributed by atoms with van der Waals surface area (Å²) in [5, 5.41) is 9.66. The van der Waals surface area contributed by atoms with E-state index in [0.29, 0.717) is 0 Å². The fourth-order valence-electron chi connectivity index (χ4n) is 10.6. The second-order valence-corrected chi connectivity index (χ2v) is 18.7. The van der Waals surface area contributed by atoms with Gasteiger partial charge in [-0.3, -0.25) is 0 Å². The van der Waals surface area contributed by atoms with Gasteiger partial charge in [0, 0.05) is 58.8 Å². The summed E-state index contributed by atoms with van der Waals surface area (Å²) in [6.45, 7) is 0. The van der Waals surface area contributed by atoms with Crippen molar-refractivity contribution < 1.29 is 4.42 Å². The number of nitrogens with zero attached hydrogens (tertiary/aromatic N) is 2. The number of furan rings is 1. The van der Waals surface area contributed by atoms with Gasteiger partial charge < -0.3 is 13.9 Å². The monoisotopic (exact) mass is 884 g/mol. The molecule has 318 valence electrons. The summed E-state index contributed by atoms with van der Waals surface area (Å²) >= 11 is 1.85. The van der Waals surface area contributed by atoms with Gasteiger partial charge in [-0.1, -0.05) is 158 Å². The fourth-order valence-corrected chi connectivity index (χ4v) is 11.7. The number of rotatable bonds is 7. The Morgan fingerprint density at radius 1 is 0.368 bits per heavy atom. The molecule has 0 atom stereocenters. The highest BCUT2D eigenvalue weighted by Gasteiger charge is 2.25. The Labute approximate surface area is 396 Å². The van der Waals surface area contributed by atoms with Crippen LogP contribution >= 0.6 is 11.3 Å². The summed E-state index contributed by atoms with van der Waals surface area (Å²) in [5.41, 5.74) is 15.2. The Bertz CT molecular complexity index is 4230. The first-order chi connectivity index (χ1) is 33.7. The molecule has 0 radical (unpaired) electrons. The SMILES string of the molecule is c1cc(-c2ccc3ccccc3c2)cc(N(c2ccccc2-c2ccc3sc4ccccc4c3c2)c2ccc(-c3ccc(-n4c5ccccc5c5ccccc54)cc3)c3oc4ccccc4c23)c1. The molecule has 0 N–H and O–H groups in total. The number of benzene rings is 11. The molecule has 4 heteroatoms. The summed E-state index contributed by atoms with van der Waals surface area (Å²) in [6, 6.07) is 88.2. The fraction of sp³-hybridized carbons (Fsp3) is 0. The summed E-state index contributed by atoms with van der Waals surface area (Å²) < 4.78 is 12.0. The minimum atomic E-state index is 0.853. The molecule has 0 amide bonds. The molecule has 0 spiro atoms. The third kappa shape index (κ3) is 6.12. The van der Waals surface area contributed by atoms with E-state index in [1.807, 2.05) is 11.3 Å². The molecule has 0 bridgehead atoms. The topological polar surface area (TPSA) is 21.3 Å². The van der Waals surface area contributed by atoms with Gasteiger partial charge in [0.2, 0.25) is 0 Å². The zero-order valence-electron chi connectivity index (χ0n) is 36.8. The Balaban J connectivity index is 0.978. The molecule has 3 aromatic heterocycles. The van der Waals surface area contributed by atoms with Crippen LogP contribution in [-0.4, -0.2) is 4.57 Å². The molecule has 3 heterocycles. The van der Waals surface area contributed by atoms with Gasteiger partial charge in [-0.25, -0.2) is 0 Å². The van der Waals surface area contributed by atoms with Crippen LogP contribution in [0.5, 0.6) is 0 Å². The van der Waals surface area contributed by atoms with E-state index < -0.39 is 0 Å². The maximum Gasteiger partial charge on any atom is 0.145 e. The second-order valence-electron chi connectivity index (χ2n) is 17.6. The number of anilines is 3. The van der Waals surface area contributed by atoms with Crippen molar-refractivity contribution in [3.63, 3.8) is 0 Å². The first-order valence-electron chi connectivity index (χ1n) is 23.2. The lowest BCUT2D eigenvalue weighted by molar-refractivity contribution is 0.670. The molecule has 0 aliphatic rings. The zero-order valence-corrected chi connectivity index (χ0v) is 37.6. The van der Waals surface area contributed by atoms with Crippen molar-refractivity contribution in [3.8, 4) is 39.1 Å². The molecule has 3 nitrogen and oxygen atoms in total. The molecule has 68 heavy (non-hydrogen) atoms. The van der Waals surface area contributed by atoms with Crippen molar-refractivity contribution in [2.75, 3.05) is 4.90 Å². The van der Waals surface area contributed by atoms with Crippen LogP contribution in [0.15, 0.2) is 247 Å². The van der Waals surface area contributed by atoms with Crippen LogP contribution in [0.4, 0.5) is 17.1 Å². The highest BCUT2D eigenvalue weighted by Crippen LogP contribution is 2.49. The number of para-hydroxylation sites is 4. The van der Waals surface area contributed by atoms with Crippen LogP contribution in [0.2, 0.25) is 0 Å². The maximum absolute atomic E-state index is 7.02. The Kier molecular flexibility index (Phi) is 8.76. The predicted octanol–water partition coefficient (Wildman–Crippen LogP) is 18.7. The molecule has 0 saturated heterocycles. The van der Waals surface area contributed by atoms with Crippen LogP contribution in [0.25, 0.3) is 114 Å². The van der Waals surface area contributed by atoms with Crippen LogP contribution in [-0.2, 0) is 0 Å².